The van der Waals surface area contributed by atoms with Crippen LogP contribution in [-0.4, -0.2) is 42.5 Å². The van der Waals surface area contributed by atoms with E-state index >= 15 is 0 Å². The molecule has 1 aromatic rings. The zero-order valence-electron chi connectivity index (χ0n) is 9.66. The minimum atomic E-state index is 0.913. The first-order chi connectivity index (χ1) is 7.26. The van der Waals surface area contributed by atoms with E-state index in [1.54, 1.807) is 0 Å². The Morgan fingerprint density at radius 2 is 2.27 bits per heavy atom. The number of rotatable bonds is 6. The molecule has 0 amide bonds. The average Bonchev–Trinajstić information content (AvgIpc) is 2.26. The highest BCUT2D eigenvalue weighted by Crippen LogP contribution is 2.06. The van der Waals surface area contributed by atoms with Crippen LogP contribution in [0.25, 0.3) is 0 Å². The van der Waals surface area contributed by atoms with Crippen molar-refractivity contribution in [3.05, 3.63) is 23.9 Å². The van der Waals surface area contributed by atoms with Crippen molar-refractivity contribution >= 4 is 17.6 Å². The standard InChI is InChI=1S/C11H19N3S/c1-12-11-6-4-5-10(13-11)9-14(2)7-8-15-3/h4-6H,7-9H2,1-3H3,(H,12,13). The van der Waals surface area contributed by atoms with Crippen LogP contribution >= 0.6 is 11.8 Å². The molecule has 1 heterocycles. The lowest BCUT2D eigenvalue weighted by molar-refractivity contribution is 0.344. The van der Waals surface area contributed by atoms with Crippen molar-refractivity contribution in [2.45, 2.75) is 6.54 Å². The highest BCUT2D eigenvalue weighted by molar-refractivity contribution is 7.98. The summed E-state index contributed by atoms with van der Waals surface area (Å²) in [5.41, 5.74) is 1.12. The van der Waals surface area contributed by atoms with E-state index < -0.39 is 0 Å². The van der Waals surface area contributed by atoms with Gasteiger partial charge in [-0.15, -0.1) is 0 Å². The SMILES string of the molecule is CNc1cccc(CN(C)CCSC)n1. The molecular formula is C11H19N3S. The fourth-order valence-corrected chi connectivity index (χ4v) is 1.80. The minimum absolute atomic E-state index is 0.913. The second-order valence-electron chi connectivity index (χ2n) is 3.49. The fourth-order valence-electron chi connectivity index (χ4n) is 1.31. The van der Waals surface area contributed by atoms with Crippen LogP contribution in [0.5, 0.6) is 0 Å². The Hall–Kier alpha value is -0.740. The first kappa shape index (κ1) is 12.3. The fraction of sp³-hybridized carbons (Fsp3) is 0.545. The van der Waals surface area contributed by atoms with E-state index in [1.165, 1.54) is 5.75 Å². The number of aromatic nitrogens is 1. The Bertz CT molecular complexity index is 291. The monoisotopic (exact) mass is 225 g/mol. The van der Waals surface area contributed by atoms with Crippen LogP contribution in [0.3, 0.4) is 0 Å². The molecule has 0 saturated heterocycles. The van der Waals surface area contributed by atoms with Gasteiger partial charge in [-0.25, -0.2) is 4.98 Å². The maximum atomic E-state index is 4.48. The van der Waals surface area contributed by atoms with Crippen molar-refractivity contribution in [2.75, 3.05) is 38.0 Å². The van der Waals surface area contributed by atoms with E-state index in [1.807, 2.05) is 30.9 Å². The first-order valence-electron chi connectivity index (χ1n) is 5.07. The quantitative estimate of drug-likeness (QED) is 0.800. The van der Waals surface area contributed by atoms with Gasteiger partial charge in [0.15, 0.2) is 0 Å². The van der Waals surface area contributed by atoms with Gasteiger partial charge in [0.1, 0.15) is 5.82 Å². The smallest absolute Gasteiger partial charge is 0.126 e. The van der Waals surface area contributed by atoms with Crippen molar-refractivity contribution in [1.82, 2.24) is 9.88 Å². The number of thioether (sulfide) groups is 1. The van der Waals surface area contributed by atoms with E-state index in [0.717, 1.165) is 24.6 Å². The van der Waals surface area contributed by atoms with Gasteiger partial charge in [0.2, 0.25) is 0 Å². The molecule has 1 N–H and O–H groups in total. The summed E-state index contributed by atoms with van der Waals surface area (Å²) < 4.78 is 0. The summed E-state index contributed by atoms with van der Waals surface area (Å²) in [6, 6.07) is 6.08. The summed E-state index contributed by atoms with van der Waals surface area (Å²) in [6.07, 6.45) is 2.13. The summed E-state index contributed by atoms with van der Waals surface area (Å²) in [5, 5.41) is 3.05. The Morgan fingerprint density at radius 1 is 1.47 bits per heavy atom. The number of nitrogens with zero attached hydrogens (tertiary/aromatic N) is 2. The highest BCUT2D eigenvalue weighted by Gasteiger charge is 2.01. The third kappa shape index (κ3) is 4.53. The molecule has 15 heavy (non-hydrogen) atoms. The minimum Gasteiger partial charge on any atom is -0.373 e. The molecular weight excluding hydrogens is 206 g/mol. The van der Waals surface area contributed by atoms with Gasteiger partial charge in [-0.1, -0.05) is 6.07 Å². The van der Waals surface area contributed by atoms with Crippen LogP contribution < -0.4 is 5.32 Å². The lowest BCUT2D eigenvalue weighted by atomic mass is 10.3. The van der Waals surface area contributed by atoms with Gasteiger partial charge in [-0.3, -0.25) is 4.90 Å². The Kier molecular flexibility index (Phi) is 5.50. The van der Waals surface area contributed by atoms with Crippen molar-refractivity contribution in [3.63, 3.8) is 0 Å². The summed E-state index contributed by atoms with van der Waals surface area (Å²) >= 11 is 1.87. The topological polar surface area (TPSA) is 28.2 Å². The number of nitrogens with one attached hydrogen (secondary N) is 1. The van der Waals surface area contributed by atoms with Gasteiger partial charge >= 0.3 is 0 Å². The molecule has 1 aromatic heterocycles. The molecule has 0 saturated carbocycles. The van der Waals surface area contributed by atoms with Gasteiger partial charge in [-0.2, -0.15) is 11.8 Å². The Morgan fingerprint density at radius 3 is 2.93 bits per heavy atom. The zero-order valence-corrected chi connectivity index (χ0v) is 10.5. The normalized spacial score (nSPS) is 10.7. The van der Waals surface area contributed by atoms with Crippen molar-refractivity contribution < 1.29 is 0 Å². The molecule has 0 spiro atoms. The number of pyridine rings is 1. The molecule has 0 bridgehead atoms. The molecule has 0 fully saturated rings. The summed E-state index contributed by atoms with van der Waals surface area (Å²) in [5.74, 6) is 2.10. The molecule has 4 heteroatoms. The lowest BCUT2D eigenvalue weighted by Gasteiger charge is -2.15. The Labute approximate surface area is 96.3 Å². The Balaban J connectivity index is 2.48. The van der Waals surface area contributed by atoms with Gasteiger partial charge < -0.3 is 5.32 Å². The van der Waals surface area contributed by atoms with Crippen LogP contribution in [0.1, 0.15) is 5.69 Å². The number of hydrogen-bond donors (Lipinski definition) is 1. The van der Waals surface area contributed by atoms with Gasteiger partial charge in [0, 0.05) is 25.9 Å². The number of anilines is 1. The second-order valence-corrected chi connectivity index (χ2v) is 4.48. The average molecular weight is 225 g/mol. The first-order valence-corrected chi connectivity index (χ1v) is 6.47. The lowest BCUT2D eigenvalue weighted by Crippen LogP contribution is -2.21. The molecule has 0 aromatic carbocycles. The van der Waals surface area contributed by atoms with E-state index in [4.69, 9.17) is 0 Å². The largest absolute Gasteiger partial charge is 0.373 e. The zero-order chi connectivity index (χ0) is 11.1. The van der Waals surface area contributed by atoms with E-state index in [2.05, 4.69) is 34.6 Å². The van der Waals surface area contributed by atoms with E-state index in [-0.39, 0.29) is 0 Å². The third-order valence-electron chi connectivity index (χ3n) is 2.17. The molecule has 3 nitrogen and oxygen atoms in total. The van der Waals surface area contributed by atoms with Crippen LogP contribution in [0, 0.1) is 0 Å². The molecule has 0 aliphatic heterocycles. The number of hydrogen-bond acceptors (Lipinski definition) is 4. The van der Waals surface area contributed by atoms with Crippen molar-refractivity contribution in [2.24, 2.45) is 0 Å². The molecule has 0 unspecified atom stereocenters. The highest BCUT2D eigenvalue weighted by atomic mass is 32.2. The molecule has 0 radical (unpaired) electrons. The second kappa shape index (κ2) is 6.69. The van der Waals surface area contributed by atoms with Gasteiger partial charge in [0.25, 0.3) is 0 Å². The summed E-state index contributed by atoms with van der Waals surface area (Å²) in [4.78, 5) is 6.77. The molecule has 0 aliphatic rings. The van der Waals surface area contributed by atoms with Crippen LogP contribution in [0.2, 0.25) is 0 Å². The van der Waals surface area contributed by atoms with E-state index in [0.29, 0.717) is 0 Å². The molecule has 84 valence electrons. The molecule has 0 atom stereocenters. The van der Waals surface area contributed by atoms with Crippen LogP contribution in [-0.2, 0) is 6.54 Å². The maximum Gasteiger partial charge on any atom is 0.126 e. The predicted molar refractivity (Wildman–Crippen MR) is 68.5 cm³/mol. The summed E-state index contributed by atoms with van der Waals surface area (Å²) in [6.45, 7) is 2.02. The molecule has 0 aliphatic carbocycles. The van der Waals surface area contributed by atoms with E-state index in [9.17, 15) is 0 Å². The predicted octanol–water partition coefficient (Wildman–Crippen LogP) is 1.92. The summed E-state index contributed by atoms with van der Waals surface area (Å²) in [7, 11) is 4.02. The maximum absolute atomic E-state index is 4.48. The van der Waals surface area contributed by atoms with Crippen LogP contribution in [0.15, 0.2) is 18.2 Å². The van der Waals surface area contributed by atoms with Crippen LogP contribution in [0.4, 0.5) is 5.82 Å². The van der Waals surface area contributed by atoms with Gasteiger partial charge in [-0.05, 0) is 25.4 Å². The van der Waals surface area contributed by atoms with Gasteiger partial charge in [0.05, 0.1) is 5.69 Å². The van der Waals surface area contributed by atoms with Crippen molar-refractivity contribution in [3.8, 4) is 0 Å². The third-order valence-corrected chi connectivity index (χ3v) is 2.76. The van der Waals surface area contributed by atoms with Crippen molar-refractivity contribution in [1.29, 1.82) is 0 Å². The molecule has 1 rings (SSSR count).